The van der Waals surface area contributed by atoms with Gasteiger partial charge in [0.2, 0.25) is 5.91 Å². The Kier molecular flexibility index (Phi) is 7.46. The average Bonchev–Trinajstić information content (AvgIpc) is 2.82. The normalized spacial score (nSPS) is 19.8. The van der Waals surface area contributed by atoms with Gasteiger partial charge in [0.05, 0.1) is 12.0 Å². The van der Waals surface area contributed by atoms with Gasteiger partial charge in [-0.05, 0) is 60.6 Å². The van der Waals surface area contributed by atoms with E-state index >= 15 is 0 Å². The molecule has 5 heteroatoms. The van der Waals surface area contributed by atoms with Crippen molar-refractivity contribution in [1.29, 1.82) is 0 Å². The van der Waals surface area contributed by atoms with Crippen molar-refractivity contribution in [3.63, 3.8) is 0 Å². The molecule has 1 aliphatic rings. The van der Waals surface area contributed by atoms with Gasteiger partial charge in [0.1, 0.15) is 5.82 Å². The Bertz CT molecular complexity index is 1100. The summed E-state index contributed by atoms with van der Waals surface area (Å²) in [5.74, 6) is -0.168. The summed E-state index contributed by atoms with van der Waals surface area (Å²) < 4.78 is 13.9. The van der Waals surface area contributed by atoms with E-state index in [1.54, 1.807) is 6.92 Å². The summed E-state index contributed by atoms with van der Waals surface area (Å²) in [6.45, 7) is 5.94. The van der Waals surface area contributed by atoms with Crippen molar-refractivity contribution >= 4 is 17.5 Å². The molecule has 1 saturated heterocycles. The minimum absolute atomic E-state index is 0.0547. The second kappa shape index (κ2) is 10.5. The van der Waals surface area contributed by atoms with Gasteiger partial charge in [0.15, 0.2) is 0 Å². The van der Waals surface area contributed by atoms with Crippen LogP contribution in [0.4, 0.5) is 4.39 Å². The molecule has 0 aromatic heterocycles. The van der Waals surface area contributed by atoms with Gasteiger partial charge in [-0.25, -0.2) is 4.39 Å². The molecule has 0 unspecified atom stereocenters. The highest BCUT2D eigenvalue weighted by atomic mass is 35.5. The topological polar surface area (TPSA) is 32.3 Å². The Morgan fingerprint density at radius 3 is 2.55 bits per heavy atom. The molecule has 172 valence electrons. The molecule has 3 aromatic carbocycles. The summed E-state index contributed by atoms with van der Waals surface area (Å²) in [4.78, 5) is 15.6. The number of nitrogens with zero attached hydrogens (tertiary/aromatic N) is 1. The van der Waals surface area contributed by atoms with E-state index in [-0.39, 0.29) is 29.6 Å². The monoisotopic (exact) mass is 464 g/mol. The standard InChI is InChI=1S/C28H30ClFN2O/c1-19-14-22(12-13-27(19)30)24-15-25(28(33)31-20(2)21-8-4-3-5-9-21)18-32(17-24)16-23-10-6-7-11-26(23)29/h3-14,20,24-25H,15-18H2,1-2H3,(H,31,33)/t20-,24+,25+/m0/s1. The molecule has 0 aliphatic carbocycles. The molecular weight excluding hydrogens is 435 g/mol. The number of rotatable bonds is 6. The zero-order valence-corrected chi connectivity index (χ0v) is 19.9. The Balaban J connectivity index is 1.55. The van der Waals surface area contributed by atoms with Crippen LogP contribution in [-0.2, 0) is 11.3 Å². The van der Waals surface area contributed by atoms with Crippen molar-refractivity contribution in [2.45, 2.75) is 38.8 Å². The van der Waals surface area contributed by atoms with Crippen LogP contribution in [0.25, 0.3) is 0 Å². The molecule has 1 aliphatic heterocycles. The number of likely N-dealkylation sites (tertiary alicyclic amines) is 1. The molecule has 0 spiro atoms. The Labute approximate surface area is 200 Å². The smallest absolute Gasteiger partial charge is 0.224 e. The van der Waals surface area contributed by atoms with Crippen molar-refractivity contribution < 1.29 is 9.18 Å². The Hall–Kier alpha value is -2.69. The molecule has 3 nitrogen and oxygen atoms in total. The lowest BCUT2D eigenvalue weighted by molar-refractivity contribution is -0.127. The summed E-state index contributed by atoms with van der Waals surface area (Å²) in [6, 6.07) is 23.1. The second-order valence-electron chi connectivity index (χ2n) is 9.06. The molecule has 0 saturated carbocycles. The summed E-state index contributed by atoms with van der Waals surface area (Å²) >= 11 is 6.42. The maximum atomic E-state index is 13.9. The number of carbonyl (C=O) groups is 1. The van der Waals surface area contributed by atoms with Crippen LogP contribution in [0.3, 0.4) is 0 Å². The van der Waals surface area contributed by atoms with E-state index in [1.807, 2.05) is 73.7 Å². The van der Waals surface area contributed by atoms with E-state index in [1.165, 1.54) is 6.07 Å². The van der Waals surface area contributed by atoms with Crippen molar-refractivity contribution in [3.8, 4) is 0 Å². The van der Waals surface area contributed by atoms with Crippen LogP contribution < -0.4 is 5.32 Å². The zero-order chi connectivity index (χ0) is 23.4. The predicted octanol–water partition coefficient (Wildman–Crippen LogP) is 6.27. The fourth-order valence-electron chi connectivity index (χ4n) is 4.70. The van der Waals surface area contributed by atoms with E-state index in [2.05, 4.69) is 10.2 Å². The lowest BCUT2D eigenvalue weighted by Gasteiger charge is -2.38. The van der Waals surface area contributed by atoms with Crippen LogP contribution in [0.1, 0.15) is 47.6 Å². The van der Waals surface area contributed by atoms with Crippen LogP contribution in [-0.4, -0.2) is 23.9 Å². The first-order valence-electron chi connectivity index (χ1n) is 11.5. The Morgan fingerprint density at radius 2 is 1.82 bits per heavy atom. The highest BCUT2D eigenvalue weighted by molar-refractivity contribution is 6.31. The average molecular weight is 465 g/mol. The molecular formula is C28H30ClFN2O. The number of benzene rings is 3. The molecule has 0 bridgehead atoms. The fourth-order valence-corrected chi connectivity index (χ4v) is 4.89. The van der Waals surface area contributed by atoms with Crippen molar-refractivity contribution in [1.82, 2.24) is 10.2 Å². The highest BCUT2D eigenvalue weighted by Gasteiger charge is 2.33. The van der Waals surface area contributed by atoms with Gasteiger partial charge in [0, 0.05) is 24.7 Å². The molecule has 3 aromatic rings. The predicted molar refractivity (Wildman–Crippen MR) is 132 cm³/mol. The lowest BCUT2D eigenvalue weighted by Crippen LogP contribution is -2.45. The van der Waals surface area contributed by atoms with E-state index in [9.17, 15) is 9.18 Å². The molecule has 33 heavy (non-hydrogen) atoms. The number of piperidine rings is 1. The summed E-state index contributed by atoms with van der Waals surface area (Å²) in [7, 11) is 0. The molecule has 0 radical (unpaired) electrons. The van der Waals surface area contributed by atoms with Gasteiger partial charge in [-0.2, -0.15) is 0 Å². The zero-order valence-electron chi connectivity index (χ0n) is 19.1. The first-order chi connectivity index (χ1) is 15.9. The summed E-state index contributed by atoms with van der Waals surface area (Å²) in [5, 5.41) is 3.93. The maximum absolute atomic E-state index is 13.9. The van der Waals surface area contributed by atoms with Gasteiger partial charge < -0.3 is 5.32 Å². The van der Waals surface area contributed by atoms with Gasteiger partial charge in [0.25, 0.3) is 0 Å². The maximum Gasteiger partial charge on any atom is 0.224 e. The number of hydrogen-bond acceptors (Lipinski definition) is 2. The van der Waals surface area contributed by atoms with Gasteiger partial charge in [-0.15, -0.1) is 0 Å². The third-order valence-corrected chi connectivity index (χ3v) is 6.93. The van der Waals surface area contributed by atoms with E-state index < -0.39 is 0 Å². The summed E-state index contributed by atoms with van der Waals surface area (Å²) in [6.07, 6.45) is 0.734. The largest absolute Gasteiger partial charge is 0.349 e. The quantitative estimate of drug-likeness (QED) is 0.466. The molecule has 1 fully saturated rings. The Morgan fingerprint density at radius 1 is 1.09 bits per heavy atom. The molecule has 1 amide bonds. The van der Waals surface area contributed by atoms with E-state index in [0.717, 1.165) is 34.7 Å². The van der Waals surface area contributed by atoms with Crippen molar-refractivity contribution in [3.05, 3.63) is 106 Å². The molecule has 1 N–H and O–H groups in total. The van der Waals surface area contributed by atoms with Gasteiger partial charge in [-0.3, -0.25) is 9.69 Å². The van der Waals surface area contributed by atoms with Crippen LogP contribution in [0.5, 0.6) is 0 Å². The third-order valence-electron chi connectivity index (χ3n) is 6.56. The SMILES string of the molecule is Cc1cc([C@@H]2C[C@@H](C(=O)N[C@@H](C)c3ccccc3)CN(Cc3ccccc3Cl)C2)ccc1F. The highest BCUT2D eigenvalue weighted by Crippen LogP contribution is 2.33. The number of aryl methyl sites for hydroxylation is 1. The van der Waals surface area contributed by atoms with Crippen LogP contribution in [0.2, 0.25) is 5.02 Å². The van der Waals surface area contributed by atoms with E-state index in [0.29, 0.717) is 18.7 Å². The summed E-state index contributed by atoms with van der Waals surface area (Å²) in [5.41, 5.74) is 3.84. The number of nitrogens with one attached hydrogen (secondary N) is 1. The number of carbonyl (C=O) groups excluding carboxylic acids is 1. The van der Waals surface area contributed by atoms with Crippen LogP contribution in [0, 0.1) is 18.7 Å². The minimum atomic E-state index is -0.200. The molecule has 3 atom stereocenters. The number of amides is 1. The van der Waals surface area contributed by atoms with Crippen molar-refractivity contribution in [2.24, 2.45) is 5.92 Å². The number of halogens is 2. The van der Waals surface area contributed by atoms with Crippen LogP contribution >= 0.6 is 11.6 Å². The van der Waals surface area contributed by atoms with Gasteiger partial charge in [-0.1, -0.05) is 72.3 Å². The fraction of sp³-hybridized carbons (Fsp3) is 0.321. The van der Waals surface area contributed by atoms with Gasteiger partial charge >= 0.3 is 0 Å². The lowest BCUT2D eigenvalue weighted by atomic mass is 9.83. The minimum Gasteiger partial charge on any atom is -0.349 e. The third kappa shape index (κ3) is 5.82. The number of hydrogen-bond donors (Lipinski definition) is 1. The molecule has 1 heterocycles. The van der Waals surface area contributed by atoms with E-state index in [4.69, 9.17) is 11.6 Å². The van der Waals surface area contributed by atoms with Crippen molar-refractivity contribution in [2.75, 3.05) is 13.1 Å². The van der Waals surface area contributed by atoms with Crippen LogP contribution in [0.15, 0.2) is 72.8 Å². The second-order valence-corrected chi connectivity index (χ2v) is 9.47. The first kappa shape index (κ1) is 23.5. The molecule has 4 rings (SSSR count). The first-order valence-corrected chi connectivity index (χ1v) is 11.9.